The molecule has 1 aromatic rings. The molecule has 0 radical (unpaired) electrons. The summed E-state index contributed by atoms with van der Waals surface area (Å²) in [6.45, 7) is 3.49. The van der Waals surface area contributed by atoms with Gasteiger partial charge in [-0.2, -0.15) is 4.39 Å². The summed E-state index contributed by atoms with van der Waals surface area (Å²) in [7, 11) is 0. The van der Waals surface area contributed by atoms with Crippen molar-refractivity contribution in [1.29, 1.82) is 0 Å². The maximum atomic E-state index is 14.2. The number of carbonyl (C=O) groups is 1. The lowest BCUT2D eigenvalue weighted by Crippen LogP contribution is -2.14. The van der Waals surface area contributed by atoms with E-state index in [4.69, 9.17) is 46.4 Å². The first-order chi connectivity index (χ1) is 11.0. The van der Waals surface area contributed by atoms with Gasteiger partial charge in [-0.1, -0.05) is 60.3 Å². The molecule has 1 aromatic carbocycles. The molecule has 0 aliphatic heterocycles. The second-order valence-electron chi connectivity index (χ2n) is 5.92. The molecule has 24 heavy (non-hydrogen) atoms. The van der Waals surface area contributed by atoms with Gasteiger partial charge in [0.15, 0.2) is 11.6 Å². The lowest BCUT2D eigenvalue weighted by Gasteiger charge is -2.13. The number of halogens is 7. The zero-order chi connectivity index (χ0) is 18.4. The van der Waals surface area contributed by atoms with Gasteiger partial charge in [-0.25, -0.2) is 8.78 Å². The Morgan fingerprint density at radius 3 is 2.42 bits per heavy atom. The lowest BCUT2D eigenvalue weighted by atomic mass is 10.1. The van der Waals surface area contributed by atoms with Crippen molar-refractivity contribution in [2.45, 2.75) is 20.2 Å². The Morgan fingerprint density at radius 1 is 1.29 bits per heavy atom. The van der Waals surface area contributed by atoms with Crippen LogP contribution in [0.25, 0.3) is 0 Å². The topological polar surface area (TPSA) is 26.3 Å². The molecule has 3 atom stereocenters. The third kappa shape index (κ3) is 3.64. The highest BCUT2D eigenvalue weighted by atomic mass is 35.5. The average molecular weight is 422 g/mol. The number of allylic oxidation sites excluding steroid dienone is 1. The minimum absolute atomic E-state index is 0.0247. The molecule has 2 nitrogen and oxygen atoms in total. The van der Waals surface area contributed by atoms with Crippen molar-refractivity contribution >= 4 is 52.4 Å². The van der Waals surface area contributed by atoms with Crippen LogP contribution in [0.15, 0.2) is 16.6 Å². The van der Waals surface area contributed by atoms with Crippen LogP contribution in [0, 0.1) is 28.9 Å². The van der Waals surface area contributed by atoms with Crippen LogP contribution in [0.4, 0.5) is 13.2 Å². The molecule has 0 saturated heterocycles. The van der Waals surface area contributed by atoms with Crippen LogP contribution < -0.4 is 0 Å². The Labute approximate surface area is 156 Å². The Kier molecular flexibility index (Phi) is 5.70. The van der Waals surface area contributed by atoms with Crippen molar-refractivity contribution in [3.05, 3.63) is 43.9 Å². The molecule has 0 aromatic heterocycles. The molecule has 0 spiro atoms. The molecule has 0 N–H and O–H groups in total. The summed E-state index contributed by atoms with van der Waals surface area (Å²) >= 11 is 22.0. The van der Waals surface area contributed by atoms with Gasteiger partial charge in [0.25, 0.3) is 6.36 Å². The Balaban J connectivity index is 2.18. The van der Waals surface area contributed by atoms with Gasteiger partial charge in [0.05, 0.1) is 16.5 Å². The van der Waals surface area contributed by atoms with Gasteiger partial charge >= 0.3 is 5.97 Å². The summed E-state index contributed by atoms with van der Waals surface area (Å²) in [5, 5.41) is -1.56. The van der Waals surface area contributed by atoms with Gasteiger partial charge in [-0.3, -0.25) is 4.79 Å². The number of hydrogen-bond acceptors (Lipinski definition) is 2. The van der Waals surface area contributed by atoms with Gasteiger partial charge < -0.3 is 4.74 Å². The van der Waals surface area contributed by atoms with Crippen LogP contribution in [0.3, 0.4) is 0 Å². The van der Waals surface area contributed by atoms with Crippen LogP contribution in [-0.4, -0.2) is 5.97 Å². The first kappa shape index (κ1) is 19.7. The van der Waals surface area contributed by atoms with E-state index in [2.05, 4.69) is 4.74 Å². The third-order valence-electron chi connectivity index (χ3n) is 4.07. The first-order valence-corrected chi connectivity index (χ1v) is 8.20. The van der Waals surface area contributed by atoms with E-state index < -0.39 is 50.9 Å². The van der Waals surface area contributed by atoms with E-state index in [0.29, 0.717) is 6.07 Å². The Hall–Kier alpha value is -0.620. The zero-order valence-corrected chi connectivity index (χ0v) is 15.4. The third-order valence-corrected chi connectivity index (χ3v) is 4.92. The molecule has 9 heteroatoms. The molecule has 1 aliphatic rings. The second-order valence-corrected chi connectivity index (χ2v) is 7.72. The van der Waals surface area contributed by atoms with Crippen molar-refractivity contribution < 1.29 is 22.7 Å². The van der Waals surface area contributed by atoms with E-state index in [1.807, 2.05) is 0 Å². The summed E-state index contributed by atoms with van der Waals surface area (Å²) in [4.78, 5) is 12.1. The Morgan fingerprint density at radius 2 is 1.88 bits per heavy atom. The van der Waals surface area contributed by atoms with Crippen molar-refractivity contribution in [3.8, 4) is 0 Å². The smallest absolute Gasteiger partial charge is 0.312 e. The van der Waals surface area contributed by atoms with Crippen molar-refractivity contribution in [2.24, 2.45) is 17.3 Å². The highest BCUT2D eigenvalue weighted by Gasteiger charge is 2.62. The standard InChI is InChI=1S/C15H11Cl4F3O2/c1-15(2)6(4-8(17)18)9(15)14(23)24-13(22)5-3-7(16)12(21)10(19)11(5)20/h3-4,6,9,13H,1-2H3. The van der Waals surface area contributed by atoms with Crippen molar-refractivity contribution in [2.75, 3.05) is 0 Å². The largest absolute Gasteiger partial charge is 0.426 e. The fourth-order valence-corrected chi connectivity index (χ4v) is 3.31. The number of alkyl halides is 1. The van der Waals surface area contributed by atoms with Crippen molar-refractivity contribution in [3.63, 3.8) is 0 Å². The number of esters is 1. The summed E-state index contributed by atoms with van der Waals surface area (Å²) in [6.07, 6.45) is -1.03. The number of ether oxygens (including phenoxy) is 1. The van der Waals surface area contributed by atoms with Gasteiger partial charge in [-0.05, 0) is 23.5 Å². The van der Waals surface area contributed by atoms with Crippen LogP contribution in [-0.2, 0) is 9.53 Å². The minimum atomic E-state index is -2.49. The summed E-state index contributed by atoms with van der Waals surface area (Å²) in [6, 6.07) is 0.682. The van der Waals surface area contributed by atoms with E-state index in [9.17, 15) is 18.0 Å². The number of rotatable bonds is 4. The monoisotopic (exact) mass is 420 g/mol. The molecule has 1 fully saturated rings. The molecule has 1 saturated carbocycles. The van der Waals surface area contributed by atoms with E-state index in [-0.39, 0.29) is 10.4 Å². The molecular weight excluding hydrogens is 411 g/mol. The Bertz CT molecular complexity index is 717. The number of benzene rings is 1. The lowest BCUT2D eigenvalue weighted by molar-refractivity contribution is -0.161. The molecule has 0 heterocycles. The first-order valence-electron chi connectivity index (χ1n) is 6.68. The zero-order valence-electron chi connectivity index (χ0n) is 12.3. The van der Waals surface area contributed by atoms with Gasteiger partial charge in [0, 0.05) is 0 Å². The second kappa shape index (κ2) is 6.94. The molecular formula is C15H11Cl4F3O2. The minimum Gasteiger partial charge on any atom is -0.426 e. The summed E-state index contributed by atoms with van der Waals surface area (Å²) in [5.41, 5.74) is -1.30. The molecule has 0 amide bonds. The van der Waals surface area contributed by atoms with Crippen LogP contribution in [0.2, 0.25) is 10.0 Å². The molecule has 132 valence electrons. The van der Waals surface area contributed by atoms with Crippen LogP contribution in [0.1, 0.15) is 25.8 Å². The molecule has 2 rings (SSSR count). The van der Waals surface area contributed by atoms with Crippen LogP contribution in [0.5, 0.6) is 0 Å². The average Bonchev–Trinajstić information content (AvgIpc) is 3.00. The van der Waals surface area contributed by atoms with E-state index in [1.165, 1.54) is 6.08 Å². The molecule has 1 aliphatic carbocycles. The molecule has 0 bridgehead atoms. The van der Waals surface area contributed by atoms with E-state index >= 15 is 0 Å². The van der Waals surface area contributed by atoms with Crippen LogP contribution >= 0.6 is 46.4 Å². The fourth-order valence-electron chi connectivity index (χ4n) is 2.57. The fraction of sp³-hybridized carbons (Fsp3) is 0.400. The summed E-state index contributed by atoms with van der Waals surface area (Å²) in [5.74, 6) is -4.54. The maximum Gasteiger partial charge on any atom is 0.312 e. The maximum absolute atomic E-state index is 14.2. The SMILES string of the molecule is CC1(C)C(C=C(Cl)Cl)C1C(=O)OC(F)c1cc(Cl)c(F)c(Cl)c1F. The van der Waals surface area contributed by atoms with E-state index in [1.54, 1.807) is 13.8 Å². The van der Waals surface area contributed by atoms with Gasteiger partial charge in [0.1, 0.15) is 9.51 Å². The van der Waals surface area contributed by atoms with E-state index in [0.717, 1.165) is 0 Å². The number of carbonyl (C=O) groups excluding carboxylic acids is 1. The van der Waals surface area contributed by atoms with Gasteiger partial charge in [0.2, 0.25) is 0 Å². The summed E-state index contributed by atoms with van der Waals surface area (Å²) < 4.78 is 46.0. The quantitative estimate of drug-likeness (QED) is 0.320. The highest BCUT2D eigenvalue weighted by Crippen LogP contribution is 2.60. The highest BCUT2D eigenvalue weighted by molar-refractivity contribution is 6.55. The predicted molar refractivity (Wildman–Crippen MR) is 86.9 cm³/mol. The predicted octanol–water partition coefficient (Wildman–Crippen LogP) is 6.37. The van der Waals surface area contributed by atoms with Crippen molar-refractivity contribution in [1.82, 2.24) is 0 Å². The normalized spacial score (nSPS) is 22.7. The molecule has 3 unspecified atom stereocenters. The van der Waals surface area contributed by atoms with Gasteiger partial charge in [-0.15, -0.1) is 0 Å². The number of hydrogen-bond donors (Lipinski definition) is 0.